The number of hydrogen-bond acceptors (Lipinski definition) is 7. The summed E-state index contributed by atoms with van der Waals surface area (Å²) in [6.45, 7) is 0.590. The number of benzene rings is 1. The average Bonchev–Trinajstić information content (AvgIpc) is 3.32. The third kappa shape index (κ3) is 4.04. The zero-order valence-electron chi connectivity index (χ0n) is 16.4. The summed E-state index contributed by atoms with van der Waals surface area (Å²) in [4.78, 5) is 11.3. The molecule has 1 N–H and O–H groups in total. The van der Waals surface area contributed by atoms with Crippen molar-refractivity contribution in [1.29, 1.82) is 0 Å². The molecule has 164 valence electrons. The van der Waals surface area contributed by atoms with Gasteiger partial charge in [0.25, 0.3) is 10.0 Å². The topological polar surface area (TPSA) is 103 Å². The molecule has 12 heteroatoms. The minimum absolute atomic E-state index is 0.0711. The summed E-state index contributed by atoms with van der Waals surface area (Å²) in [5, 5.41) is 9.56. The second-order valence-corrected chi connectivity index (χ2v) is 9.49. The van der Waals surface area contributed by atoms with E-state index in [1.807, 2.05) is 0 Å². The zero-order chi connectivity index (χ0) is 22.2. The highest BCUT2D eigenvalue weighted by Gasteiger charge is 2.27. The van der Waals surface area contributed by atoms with Crippen LogP contribution < -0.4 is 4.72 Å². The number of fused-ring (bicyclic) bond motifs is 1. The van der Waals surface area contributed by atoms with Gasteiger partial charge in [-0.05, 0) is 30.4 Å². The van der Waals surface area contributed by atoms with Gasteiger partial charge in [0.1, 0.15) is 27.2 Å². The van der Waals surface area contributed by atoms with Crippen LogP contribution in [0.1, 0.15) is 34.8 Å². The fraction of sp³-hybridized carbons (Fsp3) is 0.316. The third-order valence-electron chi connectivity index (χ3n) is 4.94. The number of esters is 1. The number of sulfonamides is 1. The van der Waals surface area contributed by atoms with Crippen LogP contribution >= 0.6 is 11.3 Å². The Morgan fingerprint density at radius 3 is 2.77 bits per heavy atom. The number of ether oxygens (including phenoxy) is 1. The molecular formula is C19H18F2N4O4S2. The number of carbonyl (C=O) groups excluding carboxylic acids is 1. The van der Waals surface area contributed by atoms with Crippen LogP contribution in [0, 0.1) is 11.6 Å². The Bertz CT molecular complexity index is 1250. The predicted octanol–water partition coefficient (Wildman–Crippen LogP) is 3.60. The van der Waals surface area contributed by atoms with Gasteiger partial charge < -0.3 is 9.30 Å². The molecule has 3 heterocycles. The molecule has 0 unspecified atom stereocenters. The van der Waals surface area contributed by atoms with Gasteiger partial charge >= 0.3 is 5.97 Å². The van der Waals surface area contributed by atoms with Crippen molar-refractivity contribution in [2.75, 3.05) is 11.8 Å². The molecule has 0 saturated carbocycles. The van der Waals surface area contributed by atoms with E-state index in [4.69, 9.17) is 0 Å². The van der Waals surface area contributed by atoms with Gasteiger partial charge in [0.05, 0.1) is 18.4 Å². The highest BCUT2D eigenvalue weighted by molar-refractivity contribution is 7.93. The number of hydrogen-bond donors (Lipinski definition) is 1. The fourth-order valence-electron chi connectivity index (χ4n) is 3.43. The summed E-state index contributed by atoms with van der Waals surface area (Å²) in [5.41, 5.74) is -0.539. The quantitative estimate of drug-likeness (QED) is 0.574. The van der Waals surface area contributed by atoms with Crippen LogP contribution in [-0.4, -0.2) is 36.3 Å². The molecule has 2 aromatic heterocycles. The van der Waals surface area contributed by atoms with Gasteiger partial charge in [-0.3, -0.25) is 4.72 Å². The number of rotatable bonds is 5. The van der Waals surface area contributed by atoms with E-state index in [1.54, 1.807) is 4.57 Å². The Hall–Kier alpha value is -2.86. The molecule has 1 aliphatic heterocycles. The van der Waals surface area contributed by atoms with E-state index in [2.05, 4.69) is 19.7 Å². The number of aromatic nitrogens is 3. The normalized spacial score (nSPS) is 14.0. The van der Waals surface area contributed by atoms with Crippen molar-refractivity contribution in [3.63, 3.8) is 0 Å². The van der Waals surface area contributed by atoms with Crippen molar-refractivity contribution in [2.24, 2.45) is 0 Å². The van der Waals surface area contributed by atoms with Crippen molar-refractivity contribution in [2.45, 2.75) is 37.1 Å². The zero-order valence-corrected chi connectivity index (χ0v) is 18.0. The first kappa shape index (κ1) is 21.4. The third-order valence-corrected chi connectivity index (χ3v) is 7.37. The molecule has 1 aromatic carbocycles. The second kappa shape index (κ2) is 8.35. The number of carbonyl (C=O) groups is 1. The first-order valence-electron chi connectivity index (χ1n) is 9.42. The lowest BCUT2D eigenvalue weighted by molar-refractivity contribution is 0.0602. The van der Waals surface area contributed by atoms with Gasteiger partial charge in [0.15, 0.2) is 5.82 Å². The van der Waals surface area contributed by atoms with Crippen LogP contribution in [0.3, 0.4) is 0 Å². The van der Waals surface area contributed by atoms with Crippen LogP contribution in [0.25, 0.3) is 11.4 Å². The molecule has 0 atom stereocenters. The lowest BCUT2D eigenvalue weighted by Crippen LogP contribution is -2.17. The Balaban J connectivity index is 1.74. The lowest BCUT2D eigenvalue weighted by Gasteiger charge is -2.12. The van der Waals surface area contributed by atoms with Crippen molar-refractivity contribution < 1.29 is 26.7 Å². The molecular weight excluding hydrogens is 450 g/mol. The highest BCUT2D eigenvalue weighted by Crippen LogP contribution is 2.31. The fourth-order valence-corrected chi connectivity index (χ4v) is 5.83. The van der Waals surface area contributed by atoms with Gasteiger partial charge in [-0.2, -0.15) is 0 Å². The summed E-state index contributed by atoms with van der Waals surface area (Å²) in [7, 11) is -3.22. The Morgan fingerprint density at radius 2 is 2.00 bits per heavy atom. The predicted molar refractivity (Wildman–Crippen MR) is 109 cm³/mol. The molecule has 1 aliphatic rings. The molecule has 0 radical (unpaired) electrons. The van der Waals surface area contributed by atoms with E-state index in [1.165, 1.54) is 11.4 Å². The summed E-state index contributed by atoms with van der Waals surface area (Å²) < 4.78 is 63.2. The van der Waals surface area contributed by atoms with Gasteiger partial charge in [-0.25, -0.2) is 22.0 Å². The molecule has 0 fully saturated rings. The SMILES string of the molecule is COC(=O)c1sccc1S(=O)(=O)Nc1cc(-c2nnc3n2CCCCC3)c(F)cc1F. The number of nitrogens with one attached hydrogen (secondary N) is 1. The molecule has 0 aliphatic carbocycles. The number of nitrogens with zero attached hydrogens (tertiary/aromatic N) is 3. The Morgan fingerprint density at radius 1 is 1.19 bits per heavy atom. The molecule has 8 nitrogen and oxygen atoms in total. The lowest BCUT2D eigenvalue weighted by atomic mass is 10.1. The van der Waals surface area contributed by atoms with Gasteiger partial charge in [0, 0.05) is 19.0 Å². The van der Waals surface area contributed by atoms with E-state index in [9.17, 15) is 22.0 Å². The van der Waals surface area contributed by atoms with Crippen molar-refractivity contribution in [1.82, 2.24) is 14.8 Å². The number of anilines is 1. The van der Waals surface area contributed by atoms with Gasteiger partial charge in [0.2, 0.25) is 0 Å². The smallest absolute Gasteiger partial charge is 0.349 e. The van der Waals surface area contributed by atoms with Crippen molar-refractivity contribution in [3.05, 3.63) is 45.9 Å². The van der Waals surface area contributed by atoms with E-state index in [0.29, 0.717) is 24.9 Å². The van der Waals surface area contributed by atoms with E-state index in [0.717, 1.165) is 43.8 Å². The molecule has 3 aromatic rings. The van der Waals surface area contributed by atoms with Gasteiger partial charge in [-0.15, -0.1) is 21.5 Å². The minimum Gasteiger partial charge on any atom is -0.465 e. The molecule has 0 spiro atoms. The molecule has 0 amide bonds. The highest BCUT2D eigenvalue weighted by atomic mass is 32.2. The van der Waals surface area contributed by atoms with Gasteiger partial charge in [-0.1, -0.05) is 6.42 Å². The monoisotopic (exact) mass is 468 g/mol. The van der Waals surface area contributed by atoms with Crippen molar-refractivity contribution in [3.8, 4) is 11.4 Å². The van der Waals surface area contributed by atoms with Crippen LogP contribution in [-0.2, 0) is 27.7 Å². The minimum atomic E-state index is -4.35. The second-order valence-electron chi connectivity index (χ2n) is 6.93. The molecule has 0 saturated heterocycles. The Kier molecular flexibility index (Phi) is 5.75. The maximum absolute atomic E-state index is 14.6. The molecule has 31 heavy (non-hydrogen) atoms. The molecule has 0 bridgehead atoms. The maximum Gasteiger partial charge on any atom is 0.349 e. The summed E-state index contributed by atoms with van der Waals surface area (Å²) >= 11 is 0.876. The van der Waals surface area contributed by atoms with E-state index in [-0.39, 0.29) is 21.2 Å². The standard InChI is InChI=1S/C19H18F2N4O4S2/c1-29-19(26)17-15(6-8-30-17)31(27,28)24-14-9-11(12(20)10-13(14)21)18-23-22-16-5-3-2-4-7-25(16)18/h6,8-10,24H,2-5,7H2,1H3. The van der Waals surface area contributed by atoms with E-state index < -0.39 is 33.3 Å². The first-order chi connectivity index (χ1) is 14.8. The van der Waals surface area contributed by atoms with Crippen LogP contribution in [0.2, 0.25) is 0 Å². The van der Waals surface area contributed by atoms with Crippen molar-refractivity contribution >= 4 is 33.0 Å². The van der Waals surface area contributed by atoms with Crippen LogP contribution in [0.15, 0.2) is 28.5 Å². The number of thiophene rings is 1. The largest absolute Gasteiger partial charge is 0.465 e. The summed E-state index contributed by atoms with van der Waals surface area (Å²) in [6.07, 6.45) is 3.51. The van der Waals surface area contributed by atoms with Crippen LogP contribution in [0.5, 0.6) is 0 Å². The maximum atomic E-state index is 14.6. The Labute approximate surface area is 180 Å². The first-order valence-corrected chi connectivity index (χ1v) is 11.8. The van der Waals surface area contributed by atoms with E-state index >= 15 is 0 Å². The number of halogens is 2. The summed E-state index contributed by atoms with van der Waals surface area (Å²) in [6, 6.07) is 2.86. The summed E-state index contributed by atoms with van der Waals surface area (Å²) in [5.74, 6) is -1.90. The average molecular weight is 469 g/mol. The number of methoxy groups -OCH3 is 1. The molecule has 4 rings (SSSR count). The van der Waals surface area contributed by atoms with Crippen LogP contribution in [0.4, 0.5) is 14.5 Å². The number of aryl methyl sites for hydroxylation is 1.